The van der Waals surface area contributed by atoms with E-state index in [1.54, 1.807) is 30.3 Å². The van der Waals surface area contributed by atoms with Crippen LogP contribution in [0.1, 0.15) is 21.8 Å². The molecule has 1 heterocycles. The zero-order valence-corrected chi connectivity index (χ0v) is 23.1. The second-order valence-electron chi connectivity index (χ2n) is 7.68. The highest BCUT2D eigenvalue weighted by Gasteiger charge is 2.67. The monoisotopic (exact) mass is 635 g/mol. The highest BCUT2D eigenvalue weighted by molar-refractivity contribution is 9.10. The Balaban J connectivity index is 1.52. The molecule has 0 bridgehead atoms. The number of nitrogens with zero attached hydrogens (tertiary/aromatic N) is 1. The number of alkyl halides is 2. The molecule has 1 aliphatic rings. The lowest BCUT2D eigenvalue weighted by atomic mass is 10.1. The maximum Gasteiger partial charge on any atom is 0.257 e. The third-order valence-corrected chi connectivity index (χ3v) is 7.68. The summed E-state index contributed by atoms with van der Waals surface area (Å²) >= 11 is 34.6. The predicted molar refractivity (Wildman–Crippen MR) is 144 cm³/mol. The summed E-state index contributed by atoms with van der Waals surface area (Å²) in [5, 5.41) is 6.51. The second-order valence-corrected chi connectivity index (χ2v) is 11.3. The van der Waals surface area contributed by atoms with Crippen LogP contribution in [-0.4, -0.2) is 28.2 Å². The molecular weight excluding hydrogens is 623 g/mol. The average Bonchev–Trinajstić information content (AvgIpc) is 3.38. The van der Waals surface area contributed by atoms with Crippen molar-refractivity contribution in [2.75, 3.05) is 17.7 Å². The topological polar surface area (TPSA) is 80.3 Å². The van der Waals surface area contributed by atoms with Gasteiger partial charge in [-0.3, -0.25) is 9.59 Å². The van der Waals surface area contributed by atoms with Crippen molar-refractivity contribution in [1.29, 1.82) is 0 Å². The first kappa shape index (κ1) is 26.3. The van der Waals surface area contributed by atoms with Gasteiger partial charge in [0.05, 0.1) is 33.8 Å². The number of carbonyl (C=O) groups excluding carboxylic acids is 2. The third kappa shape index (κ3) is 5.66. The standard InChI is InChI=1S/C23H15BrCl5N3O3/c1-35-18-8-17(15(24)9-30-18)32-21(33)14-7-13(2-3-16(14)27)31-22(34)20-19(23(20,28)29)10-4-11(25)6-12(26)5-10/h2-9,19-20H,1H3,(H,31,34)(H,30,32,33). The fourth-order valence-corrected chi connectivity index (χ4v) is 5.53. The number of hydrogen-bond acceptors (Lipinski definition) is 4. The molecule has 4 rings (SSSR count). The molecule has 182 valence electrons. The van der Waals surface area contributed by atoms with E-state index in [0.717, 1.165) is 0 Å². The van der Waals surface area contributed by atoms with Gasteiger partial charge in [-0.1, -0.05) is 34.8 Å². The Morgan fingerprint density at radius 2 is 1.71 bits per heavy atom. The van der Waals surface area contributed by atoms with Crippen molar-refractivity contribution < 1.29 is 14.3 Å². The fourth-order valence-electron chi connectivity index (χ4n) is 3.64. The van der Waals surface area contributed by atoms with Gasteiger partial charge in [0.1, 0.15) is 4.33 Å². The van der Waals surface area contributed by atoms with Crippen LogP contribution in [0.25, 0.3) is 0 Å². The summed E-state index contributed by atoms with van der Waals surface area (Å²) < 4.78 is 4.30. The zero-order valence-electron chi connectivity index (χ0n) is 17.7. The van der Waals surface area contributed by atoms with Crippen LogP contribution < -0.4 is 15.4 Å². The molecule has 0 radical (unpaired) electrons. The number of pyridine rings is 1. The van der Waals surface area contributed by atoms with E-state index in [0.29, 0.717) is 37.3 Å². The van der Waals surface area contributed by atoms with Gasteiger partial charge >= 0.3 is 0 Å². The van der Waals surface area contributed by atoms with Crippen LogP contribution >= 0.6 is 73.9 Å². The van der Waals surface area contributed by atoms with Crippen molar-refractivity contribution in [2.24, 2.45) is 5.92 Å². The SMILES string of the molecule is COc1cc(NC(=O)c2cc(NC(=O)C3C(c4cc(Cl)cc(Cl)c4)C3(Cl)Cl)ccc2Cl)c(Br)cn1. The molecule has 0 saturated heterocycles. The molecule has 2 amide bonds. The van der Waals surface area contributed by atoms with Crippen molar-refractivity contribution in [3.63, 3.8) is 0 Å². The smallest absolute Gasteiger partial charge is 0.257 e. The molecule has 0 aliphatic heterocycles. The van der Waals surface area contributed by atoms with E-state index >= 15 is 0 Å². The van der Waals surface area contributed by atoms with Crippen LogP contribution in [0.15, 0.2) is 53.1 Å². The highest BCUT2D eigenvalue weighted by atomic mass is 79.9. The van der Waals surface area contributed by atoms with E-state index < -0.39 is 28.0 Å². The summed E-state index contributed by atoms with van der Waals surface area (Å²) in [6.45, 7) is 0. The van der Waals surface area contributed by atoms with Crippen molar-refractivity contribution in [3.05, 3.63) is 79.3 Å². The summed E-state index contributed by atoms with van der Waals surface area (Å²) in [5.41, 5.74) is 1.57. The van der Waals surface area contributed by atoms with Crippen molar-refractivity contribution in [2.45, 2.75) is 10.3 Å². The molecule has 1 saturated carbocycles. The molecule has 2 unspecified atom stereocenters. The van der Waals surface area contributed by atoms with Crippen LogP contribution in [0.5, 0.6) is 5.88 Å². The molecule has 1 fully saturated rings. The molecule has 1 aliphatic carbocycles. The Morgan fingerprint density at radius 3 is 2.37 bits per heavy atom. The Morgan fingerprint density at radius 1 is 1.03 bits per heavy atom. The lowest BCUT2D eigenvalue weighted by Crippen LogP contribution is -2.18. The summed E-state index contributed by atoms with van der Waals surface area (Å²) in [6, 6.07) is 11.0. The van der Waals surface area contributed by atoms with E-state index in [1.165, 1.54) is 25.4 Å². The van der Waals surface area contributed by atoms with E-state index in [-0.39, 0.29) is 10.6 Å². The largest absolute Gasteiger partial charge is 0.481 e. The molecule has 3 aromatic rings. The predicted octanol–water partition coefficient (Wildman–Crippen LogP) is 7.59. The van der Waals surface area contributed by atoms with Gasteiger partial charge in [-0.15, -0.1) is 23.2 Å². The van der Waals surface area contributed by atoms with Crippen molar-refractivity contribution in [3.8, 4) is 5.88 Å². The van der Waals surface area contributed by atoms with Crippen LogP contribution in [0.3, 0.4) is 0 Å². The van der Waals surface area contributed by atoms with Crippen LogP contribution in [0.2, 0.25) is 15.1 Å². The Bertz CT molecular complexity index is 1320. The highest BCUT2D eigenvalue weighted by Crippen LogP contribution is 2.65. The quantitative estimate of drug-likeness (QED) is 0.273. The zero-order chi connectivity index (χ0) is 25.5. The van der Waals surface area contributed by atoms with Crippen LogP contribution in [0.4, 0.5) is 11.4 Å². The first-order valence-electron chi connectivity index (χ1n) is 9.96. The molecular formula is C23H15BrCl5N3O3. The van der Waals surface area contributed by atoms with E-state index in [1.807, 2.05) is 0 Å². The summed E-state index contributed by atoms with van der Waals surface area (Å²) in [4.78, 5) is 30.0. The average molecular weight is 639 g/mol. The number of rotatable bonds is 6. The second kappa shape index (κ2) is 10.3. The molecule has 6 nitrogen and oxygen atoms in total. The Kier molecular flexibility index (Phi) is 7.77. The number of ether oxygens (including phenoxy) is 1. The summed E-state index contributed by atoms with van der Waals surface area (Å²) in [5.74, 6) is -1.86. The van der Waals surface area contributed by atoms with Gasteiger partial charge in [-0.05, 0) is 57.9 Å². The molecule has 1 aromatic heterocycles. The number of methoxy groups -OCH3 is 1. The van der Waals surface area contributed by atoms with Crippen molar-refractivity contribution >= 4 is 97.1 Å². The van der Waals surface area contributed by atoms with Crippen LogP contribution in [0, 0.1) is 5.92 Å². The minimum absolute atomic E-state index is 0.143. The summed E-state index contributed by atoms with van der Waals surface area (Å²) in [7, 11) is 1.46. The number of nitrogens with one attached hydrogen (secondary N) is 2. The van der Waals surface area contributed by atoms with Gasteiger partial charge in [0.15, 0.2) is 0 Å². The van der Waals surface area contributed by atoms with Gasteiger partial charge in [0, 0.05) is 33.9 Å². The van der Waals surface area contributed by atoms with E-state index in [2.05, 4.69) is 31.5 Å². The number of benzene rings is 2. The minimum Gasteiger partial charge on any atom is -0.481 e. The molecule has 35 heavy (non-hydrogen) atoms. The minimum atomic E-state index is -1.34. The van der Waals surface area contributed by atoms with Gasteiger partial charge in [0.25, 0.3) is 5.91 Å². The Hall–Kier alpha value is -1.74. The number of carbonyl (C=O) groups is 2. The molecule has 0 spiro atoms. The molecule has 12 heteroatoms. The first-order chi connectivity index (χ1) is 16.5. The first-order valence-corrected chi connectivity index (χ1v) is 12.6. The van der Waals surface area contributed by atoms with Crippen LogP contribution in [-0.2, 0) is 4.79 Å². The van der Waals surface area contributed by atoms with Gasteiger partial charge in [-0.25, -0.2) is 4.98 Å². The maximum atomic E-state index is 13.0. The van der Waals surface area contributed by atoms with Gasteiger partial charge < -0.3 is 15.4 Å². The number of hydrogen-bond donors (Lipinski definition) is 2. The number of anilines is 2. The van der Waals surface area contributed by atoms with Crippen molar-refractivity contribution in [1.82, 2.24) is 4.98 Å². The third-order valence-electron chi connectivity index (χ3n) is 5.35. The lowest BCUT2D eigenvalue weighted by Gasteiger charge is -2.12. The Labute approximate surface area is 234 Å². The summed E-state index contributed by atoms with van der Waals surface area (Å²) in [6.07, 6.45) is 1.50. The number of aromatic nitrogens is 1. The number of halogens is 6. The maximum absolute atomic E-state index is 13.0. The lowest BCUT2D eigenvalue weighted by molar-refractivity contribution is -0.117. The van der Waals surface area contributed by atoms with E-state index in [4.69, 9.17) is 62.7 Å². The number of amides is 2. The van der Waals surface area contributed by atoms with Gasteiger partial charge in [-0.2, -0.15) is 0 Å². The van der Waals surface area contributed by atoms with E-state index in [9.17, 15) is 9.59 Å². The molecule has 2 aromatic carbocycles. The molecule has 2 N–H and O–H groups in total. The van der Waals surface area contributed by atoms with Gasteiger partial charge in [0.2, 0.25) is 11.8 Å². The molecule has 2 atom stereocenters. The normalized spacial score (nSPS) is 18.0. The fraction of sp³-hybridized carbons (Fsp3) is 0.174.